The van der Waals surface area contributed by atoms with Gasteiger partial charge in [-0.25, -0.2) is 4.39 Å². The molecule has 5 heteroatoms. The van der Waals surface area contributed by atoms with E-state index in [-0.39, 0.29) is 17.7 Å². The van der Waals surface area contributed by atoms with Gasteiger partial charge in [-0.1, -0.05) is 12.1 Å². The predicted molar refractivity (Wildman–Crippen MR) is 70.4 cm³/mol. The maximum Gasteiger partial charge on any atom is 0.252 e. The summed E-state index contributed by atoms with van der Waals surface area (Å²) in [5.41, 5.74) is 6.20. The van der Waals surface area contributed by atoms with Gasteiger partial charge in [0.2, 0.25) is 0 Å². The first-order valence-corrected chi connectivity index (χ1v) is 5.81. The molecule has 0 radical (unpaired) electrons. The monoisotopic (exact) mass is 270 g/mol. The van der Waals surface area contributed by atoms with E-state index in [0.29, 0.717) is 11.3 Å². The molecule has 0 heterocycles. The molecule has 2 aromatic rings. The van der Waals surface area contributed by atoms with Crippen molar-refractivity contribution in [1.82, 2.24) is 0 Å². The van der Waals surface area contributed by atoms with E-state index in [4.69, 9.17) is 15.7 Å². The number of carbonyl (C=O) groups excluding carboxylic acids is 1. The van der Waals surface area contributed by atoms with Crippen LogP contribution < -0.4 is 10.5 Å². The number of ether oxygens (including phenoxy) is 1. The predicted octanol–water partition coefficient (Wildman–Crippen LogP) is 2.38. The van der Waals surface area contributed by atoms with E-state index in [1.165, 1.54) is 12.1 Å². The van der Waals surface area contributed by atoms with E-state index in [9.17, 15) is 9.18 Å². The summed E-state index contributed by atoms with van der Waals surface area (Å²) in [4.78, 5) is 11.2. The van der Waals surface area contributed by atoms with Crippen LogP contribution in [-0.2, 0) is 6.61 Å². The highest BCUT2D eigenvalue weighted by Crippen LogP contribution is 2.19. The Kier molecular flexibility index (Phi) is 3.96. The van der Waals surface area contributed by atoms with Gasteiger partial charge < -0.3 is 10.5 Å². The molecule has 0 aliphatic rings. The molecule has 0 fully saturated rings. The topological polar surface area (TPSA) is 76.1 Å². The second-order valence-electron chi connectivity index (χ2n) is 4.11. The van der Waals surface area contributed by atoms with Crippen LogP contribution in [0.2, 0.25) is 0 Å². The quantitative estimate of drug-likeness (QED) is 0.926. The second-order valence-corrected chi connectivity index (χ2v) is 4.11. The highest BCUT2D eigenvalue weighted by atomic mass is 19.1. The molecule has 2 N–H and O–H groups in total. The summed E-state index contributed by atoms with van der Waals surface area (Å²) >= 11 is 0. The molecule has 0 aromatic heterocycles. The lowest BCUT2D eigenvalue weighted by molar-refractivity contribution is 0.0996. The van der Waals surface area contributed by atoms with Gasteiger partial charge in [-0.3, -0.25) is 4.79 Å². The molecule has 0 unspecified atom stereocenters. The standard InChI is InChI=1S/C15H11FN2O2/c16-12-6-10(8-17)5-11(7-12)9-20-14-4-2-1-3-13(14)15(18)19/h1-7H,9H2,(H2,18,19). The van der Waals surface area contributed by atoms with Crippen LogP contribution in [0.1, 0.15) is 21.5 Å². The van der Waals surface area contributed by atoms with E-state index < -0.39 is 11.7 Å². The number of carbonyl (C=O) groups is 1. The molecule has 20 heavy (non-hydrogen) atoms. The Morgan fingerprint density at radius 1 is 1.30 bits per heavy atom. The molecule has 0 bridgehead atoms. The summed E-state index contributed by atoms with van der Waals surface area (Å²) in [6.45, 7) is 0.0384. The van der Waals surface area contributed by atoms with E-state index in [0.717, 1.165) is 6.07 Å². The molecule has 100 valence electrons. The molecule has 0 saturated heterocycles. The fraction of sp³-hybridized carbons (Fsp3) is 0.0667. The molecule has 2 rings (SSSR count). The number of amides is 1. The van der Waals surface area contributed by atoms with E-state index in [2.05, 4.69) is 0 Å². The summed E-state index contributed by atoms with van der Waals surface area (Å²) in [6, 6.07) is 12.3. The molecule has 0 spiro atoms. The largest absolute Gasteiger partial charge is 0.488 e. The van der Waals surface area contributed by atoms with Crippen molar-refractivity contribution in [2.75, 3.05) is 0 Å². The lowest BCUT2D eigenvalue weighted by atomic mass is 10.1. The number of hydrogen-bond acceptors (Lipinski definition) is 3. The van der Waals surface area contributed by atoms with Gasteiger partial charge in [0.05, 0.1) is 17.2 Å². The molecular weight excluding hydrogens is 259 g/mol. The zero-order valence-corrected chi connectivity index (χ0v) is 10.5. The van der Waals surface area contributed by atoms with Crippen LogP contribution in [0, 0.1) is 17.1 Å². The second kappa shape index (κ2) is 5.85. The van der Waals surface area contributed by atoms with Crippen molar-refractivity contribution in [3.05, 3.63) is 65.0 Å². The third-order valence-electron chi connectivity index (χ3n) is 2.63. The molecule has 0 saturated carbocycles. The maximum atomic E-state index is 13.3. The van der Waals surface area contributed by atoms with Crippen molar-refractivity contribution in [1.29, 1.82) is 5.26 Å². The molecule has 2 aromatic carbocycles. The average Bonchev–Trinajstić information content (AvgIpc) is 2.44. The van der Waals surface area contributed by atoms with Crippen molar-refractivity contribution >= 4 is 5.91 Å². The van der Waals surface area contributed by atoms with Crippen LogP contribution in [0.4, 0.5) is 4.39 Å². The molecule has 0 aliphatic carbocycles. The van der Waals surface area contributed by atoms with Gasteiger partial charge in [-0.05, 0) is 35.9 Å². The molecule has 4 nitrogen and oxygen atoms in total. The van der Waals surface area contributed by atoms with E-state index in [1.54, 1.807) is 24.3 Å². The van der Waals surface area contributed by atoms with Gasteiger partial charge in [0.1, 0.15) is 18.2 Å². The van der Waals surface area contributed by atoms with Crippen molar-refractivity contribution in [3.8, 4) is 11.8 Å². The number of halogens is 1. The van der Waals surface area contributed by atoms with Gasteiger partial charge in [-0.2, -0.15) is 5.26 Å². The fourth-order valence-electron chi connectivity index (χ4n) is 1.76. The van der Waals surface area contributed by atoms with Gasteiger partial charge in [0.25, 0.3) is 5.91 Å². The summed E-state index contributed by atoms with van der Waals surface area (Å²) in [5, 5.41) is 8.77. The Bertz CT molecular complexity index is 693. The van der Waals surface area contributed by atoms with Crippen LogP contribution in [0.3, 0.4) is 0 Å². The van der Waals surface area contributed by atoms with Crippen LogP contribution in [0.5, 0.6) is 5.75 Å². The number of nitriles is 1. The number of nitrogens with zero attached hydrogens (tertiary/aromatic N) is 1. The van der Waals surface area contributed by atoms with Crippen LogP contribution in [0.25, 0.3) is 0 Å². The summed E-state index contributed by atoms with van der Waals surface area (Å²) in [6.07, 6.45) is 0. The molecular formula is C15H11FN2O2. The number of hydrogen-bond donors (Lipinski definition) is 1. The van der Waals surface area contributed by atoms with Crippen molar-refractivity contribution in [3.63, 3.8) is 0 Å². The van der Waals surface area contributed by atoms with Gasteiger partial charge >= 0.3 is 0 Å². The van der Waals surface area contributed by atoms with Crippen LogP contribution in [-0.4, -0.2) is 5.91 Å². The highest BCUT2D eigenvalue weighted by molar-refractivity contribution is 5.95. The number of primary amides is 1. The molecule has 0 aliphatic heterocycles. The van der Waals surface area contributed by atoms with Crippen LogP contribution in [0.15, 0.2) is 42.5 Å². The minimum Gasteiger partial charge on any atom is -0.488 e. The van der Waals surface area contributed by atoms with Crippen LogP contribution >= 0.6 is 0 Å². The fourth-order valence-corrected chi connectivity index (χ4v) is 1.76. The number of rotatable bonds is 4. The minimum atomic E-state index is -0.599. The smallest absolute Gasteiger partial charge is 0.252 e. The van der Waals surface area contributed by atoms with E-state index in [1.807, 2.05) is 6.07 Å². The SMILES string of the molecule is N#Cc1cc(F)cc(COc2ccccc2C(N)=O)c1. The Hall–Kier alpha value is -2.87. The van der Waals surface area contributed by atoms with Crippen molar-refractivity contribution < 1.29 is 13.9 Å². The summed E-state index contributed by atoms with van der Waals surface area (Å²) < 4.78 is 18.7. The molecule has 1 amide bonds. The lowest BCUT2D eigenvalue weighted by Gasteiger charge is -2.09. The van der Waals surface area contributed by atoms with Crippen molar-refractivity contribution in [2.45, 2.75) is 6.61 Å². The lowest BCUT2D eigenvalue weighted by Crippen LogP contribution is -2.12. The third-order valence-corrected chi connectivity index (χ3v) is 2.63. The Morgan fingerprint density at radius 2 is 2.05 bits per heavy atom. The Labute approximate surface area is 115 Å². The zero-order chi connectivity index (χ0) is 14.5. The zero-order valence-electron chi connectivity index (χ0n) is 10.5. The highest BCUT2D eigenvalue weighted by Gasteiger charge is 2.09. The van der Waals surface area contributed by atoms with Gasteiger partial charge in [0.15, 0.2) is 0 Å². The maximum absolute atomic E-state index is 13.3. The molecule has 0 atom stereocenters. The number of para-hydroxylation sites is 1. The first kappa shape index (κ1) is 13.6. The number of benzene rings is 2. The Balaban J connectivity index is 2.19. The van der Waals surface area contributed by atoms with Gasteiger partial charge in [0, 0.05) is 0 Å². The van der Waals surface area contributed by atoms with Crippen molar-refractivity contribution in [2.24, 2.45) is 5.73 Å². The first-order valence-electron chi connectivity index (χ1n) is 5.81. The van der Waals surface area contributed by atoms with Gasteiger partial charge in [-0.15, -0.1) is 0 Å². The normalized spacial score (nSPS) is 9.80. The summed E-state index contributed by atoms with van der Waals surface area (Å²) in [5.74, 6) is -0.786. The Morgan fingerprint density at radius 3 is 2.75 bits per heavy atom. The minimum absolute atomic E-state index is 0.0384. The first-order chi connectivity index (χ1) is 9.60. The van der Waals surface area contributed by atoms with E-state index >= 15 is 0 Å². The third kappa shape index (κ3) is 3.12. The number of nitrogens with two attached hydrogens (primary N) is 1. The summed E-state index contributed by atoms with van der Waals surface area (Å²) in [7, 11) is 0. The average molecular weight is 270 g/mol.